The maximum atomic E-state index is 6.07. The van der Waals surface area contributed by atoms with E-state index in [-0.39, 0.29) is 0 Å². The van der Waals surface area contributed by atoms with E-state index < -0.39 is 0 Å². The first-order valence-electron chi connectivity index (χ1n) is 8.32. The lowest BCUT2D eigenvalue weighted by molar-refractivity contribution is -0.0360. The second-order valence-electron chi connectivity index (χ2n) is 7.12. The van der Waals surface area contributed by atoms with Crippen molar-refractivity contribution in [2.24, 2.45) is 0 Å². The molecule has 0 aromatic rings. The van der Waals surface area contributed by atoms with Crippen LogP contribution in [0.5, 0.6) is 0 Å². The summed E-state index contributed by atoms with van der Waals surface area (Å²) in [6, 6.07) is 0.631. The van der Waals surface area contributed by atoms with E-state index in [9.17, 15) is 0 Å². The van der Waals surface area contributed by atoms with Crippen molar-refractivity contribution in [2.75, 3.05) is 19.6 Å². The van der Waals surface area contributed by atoms with Crippen LogP contribution in [0.3, 0.4) is 0 Å². The molecule has 1 aliphatic carbocycles. The van der Waals surface area contributed by atoms with Gasteiger partial charge in [0.25, 0.3) is 0 Å². The first kappa shape index (κ1) is 13.8. The summed E-state index contributed by atoms with van der Waals surface area (Å²) in [6.07, 6.45) is 10.5. The highest BCUT2D eigenvalue weighted by molar-refractivity contribution is 5.00. The van der Waals surface area contributed by atoms with Gasteiger partial charge in [0.1, 0.15) is 0 Å². The van der Waals surface area contributed by atoms with Crippen LogP contribution >= 0.6 is 0 Å². The van der Waals surface area contributed by atoms with Gasteiger partial charge in [0.15, 0.2) is 0 Å². The molecule has 3 heteroatoms. The Morgan fingerprint density at radius 1 is 1.16 bits per heavy atom. The Bertz CT molecular complexity index is 301. The third kappa shape index (κ3) is 2.98. The number of nitrogens with one attached hydrogen (secondary N) is 1. The zero-order valence-electron chi connectivity index (χ0n) is 12.7. The monoisotopic (exact) mass is 266 g/mol. The number of piperazine rings is 1. The standard InChI is InChI=1S/C16H30N2O/c1-13-10-18(11-15-7-6-14(2)19-15)16(12-17-13)8-4-3-5-9-16/h13-15,17H,3-12H2,1-2H3. The molecule has 0 aromatic heterocycles. The molecule has 1 spiro atoms. The Labute approximate surface area is 118 Å². The molecule has 3 unspecified atom stereocenters. The van der Waals surface area contributed by atoms with Gasteiger partial charge in [0, 0.05) is 31.2 Å². The van der Waals surface area contributed by atoms with Crippen LogP contribution in [-0.2, 0) is 4.74 Å². The fraction of sp³-hybridized carbons (Fsp3) is 1.00. The van der Waals surface area contributed by atoms with Gasteiger partial charge in [-0.25, -0.2) is 0 Å². The summed E-state index contributed by atoms with van der Waals surface area (Å²) >= 11 is 0. The van der Waals surface area contributed by atoms with E-state index in [1.165, 1.54) is 58.0 Å². The van der Waals surface area contributed by atoms with Crippen molar-refractivity contribution in [3.05, 3.63) is 0 Å². The van der Waals surface area contributed by atoms with Gasteiger partial charge in [-0.15, -0.1) is 0 Å². The second kappa shape index (κ2) is 5.71. The molecule has 0 aromatic carbocycles. The minimum atomic E-state index is 0.444. The topological polar surface area (TPSA) is 24.5 Å². The summed E-state index contributed by atoms with van der Waals surface area (Å²) in [5.41, 5.74) is 0.444. The van der Waals surface area contributed by atoms with Crippen molar-refractivity contribution >= 4 is 0 Å². The molecule has 2 heterocycles. The van der Waals surface area contributed by atoms with E-state index in [4.69, 9.17) is 4.74 Å². The van der Waals surface area contributed by atoms with Crippen LogP contribution in [0.2, 0.25) is 0 Å². The fourth-order valence-electron chi connectivity index (χ4n) is 4.30. The molecule has 0 radical (unpaired) electrons. The van der Waals surface area contributed by atoms with Gasteiger partial charge in [-0.2, -0.15) is 0 Å². The molecule has 3 atom stereocenters. The third-order valence-corrected chi connectivity index (χ3v) is 5.47. The maximum absolute atomic E-state index is 6.07. The van der Waals surface area contributed by atoms with E-state index in [0.717, 1.165) is 6.54 Å². The maximum Gasteiger partial charge on any atom is 0.0706 e. The van der Waals surface area contributed by atoms with Gasteiger partial charge in [-0.1, -0.05) is 19.3 Å². The molecule has 0 amide bonds. The van der Waals surface area contributed by atoms with E-state index in [0.29, 0.717) is 23.8 Å². The van der Waals surface area contributed by atoms with Gasteiger partial charge < -0.3 is 10.1 Å². The van der Waals surface area contributed by atoms with Crippen molar-refractivity contribution in [1.82, 2.24) is 10.2 Å². The molecule has 1 N–H and O–H groups in total. The van der Waals surface area contributed by atoms with Crippen molar-refractivity contribution < 1.29 is 4.74 Å². The van der Waals surface area contributed by atoms with Gasteiger partial charge in [0.2, 0.25) is 0 Å². The average molecular weight is 266 g/mol. The van der Waals surface area contributed by atoms with Crippen LogP contribution < -0.4 is 5.32 Å². The quantitative estimate of drug-likeness (QED) is 0.831. The summed E-state index contributed by atoms with van der Waals surface area (Å²) in [6.45, 7) is 8.10. The van der Waals surface area contributed by atoms with Crippen molar-refractivity contribution in [2.45, 2.75) is 82.6 Å². The fourth-order valence-corrected chi connectivity index (χ4v) is 4.30. The van der Waals surface area contributed by atoms with Crippen LogP contribution in [0, 0.1) is 0 Å². The van der Waals surface area contributed by atoms with Crippen molar-refractivity contribution in [3.63, 3.8) is 0 Å². The predicted octanol–water partition coefficient (Wildman–Crippen LogP) is 2.55. The van der Waals surface area contributed by atoms with Crippen molar-refractivity contribution in [3.8, 4) is 0 Å². The third-order valence-electron chi connectivity index (χ3n) is 5.47. The number of hydrogen-bond donors (Lipinski definition) is 1. The number of rotatable bonds is 2. The second-order valence-corrected chi connectivity index (χ2v) is 7.12. The van der Waals surface area contributed by atoms with Crippen LogP contribution in [0.15, 0.2) is 0 Å². The van der Waals surface area contributed by atoms with Crippen LogP contribution in [0.4, 0.5) is 0 Å². The zero-order valence-corrected chi connectivity index (χ0v) is 12.7. The van der Waals surface area contributed by atoms with Crippen LogP contribution in [-0.4, -0.2) is 48.3 Å². The average Bonchev–Trinajstić information content (AvgIpc) is 2.81. The lowest BCUT2D eigenvalue weighted by Gasteiger charge is -2.52. The van der Waals surface area contributed by atoms with Gasteiger partial charge in [0.05, 0.1) is 12.2 Å². The molecule has 2 saturated heterocycles. The highest BCUT2D eigenvalue weighted by Crippen LogP contribution is 2.36. The smallest absolute Gasteiger partial charge is 0.0706 e. The summed E-state index contributed by atoms with van der Waals surface area (Å²) in [5.74, 6) is 0. The molecule has 2 aliphatic heterocycles. The van der Waals surface area contributed by atoms with E-state index in [1.54, 1.807) is 0 Å². The zero-order chi connectivity index (χ0) is 13.3. The first-order chi connectivity index (χ1) is 9.18. The Hall–Kier alpha value is -0.120. The molecule has 3 aliphatic rings. The lowest BCUT2D eigenvalue weighted by atomic mass is 9.78. The molecule has 110 valence electrons. The van der Waals surface area contributed by atoms with Gasteiger partial charge >= 0.3 is 0 Å². The predicted molar refractivity (Wildman–Crippen MR) is 78.4 cm³/mol. The van der Waals surface area contributed by atoms with Gasteiger partial charge in [-0.05, 0) is 39.5 Å². The first-order valence-corrected chi connectivity index (χ1v) is 8.32. The Morgan fingerprint density at radius 2 is 1.95 bits per heavy atom. The molecular weight excluding hydrogens is 236 g/mol. The van der Waals surface area contributed by atoms with E-state index in [2.05, 4.69) is 24.1 Å². The molecule has 0 bridgehead atoms. The highest BCUT2D eigenvalue weighted by atomic mass is 16.5. The summed E-state index contributed by atoms with van der Waals surface area (Å²) in [4.78, 5) is 2.79. The van der Waals surface area contributed by atoms with Crippen LogP contribution in [0.1, 0.15) is 58.8 Å². The Kier molecular flexibility index (Phi) is 4.16. The molecule has 3 nitrogen and oxygen atoms in total. The number of nitrogens with zero attached hydrogens (tertiary/aromatic N) is 1. The Morgan fingerprint density at radius 3 is 2.63 bits per heavy atom. The van der Waals surface area contributed by atoms with E-state index >= 15 is 0 Å². The minimum Gasteiger partial charge on any atom is -0.374 e. The number of hydrogen-bond acceptors (Lipinski definition) is 3. The Balaban J connectivity index is 1.67. The van der Waals surface area contributed by atoms with Gasteiger partial charge in [-0.3, -0.25) is 4.90 Å². The number of ether oxygens (including phenoxy) is 1. The molecule has 19 heavy (non-hydrogen) atoms. The highest BCUT2D eigenvalue weighted by Gasteiger charge is 2.42. The summed E-state index contributed by atoms with van der Waals surface area (Å²) in [7, 11) is 0. The molecule has 1 saturated carbocycles. The molecule has 3 fully saturated rings. The minimum absolute atomic E-state index is 0.444. The normalized spacial score (nSPS) is 39.8. The summed E-state index contributed by atoms with van der Waals surface area (Å²) < 4.78 is 6.07. The van der Waals surface area contributed by atoms with E-state index in [1.807, 2.05) is 0 Å². The SMILES string of the molecule is CC1CN(CC2CCC(C)O2)C2(CCCCC2)CN1. The molecule has 3 rings (SSSR count). The summed E-state index contributed by atoms with van der Waals surface area (Å²) in [5, 5.41) is 3.72. The van der Waals surface area contributed by atoms with Crippen LogP contribution in [0.25, 0.3) is 0 Å². The lowest BCUT2D eigenvalue weighted by Crippen LogP contribution is -2.65. The largest absolute Gasteiger partial charge is 0.374 e. The van der Waals surface area contributed by atoms with Crippen molar-refractivity contribution in [1.29, 1.82) is 0 Å². The molecular formula is C16H30N2O.